The number of hydrogen-bond acceptors (Lipinski definition) is 4. The Morgan fingerprint density at radius 1 is 1.41 bits per heavy atom. The summed E-state index contributed by atoms with van der Waals surface area (Å²) in [6.07, 6.45) is -2.63. The Morgan fingerprint density at radius 3 is 2.41 bits per heavy atom. The van der Waals surface area contributed by atoms with E-state index < -0.39 is 28.0 Å². The summed E-state index contributed by atoms with van der Waals surface area (Å²) in [6, 6.07) is 2.85. The van der Waals surface area contributed by atoms with Crippen molar-refractivity contribution in [3.05, 3.63) is 29.6 Å². The molecule has 0 bridgehead atoms. The molecule has 17 heavy (non-hydrogen) atoms. The van der Waals surface area contributed by atoms with Gasteiger partial charge in [0, 0.05) is 10.9 Å². The topological polar surface area (TPSA) is 101 Å². The highest BCUT2D eigenvalue weighted by molar-refractivity contribution is 9.09. The fourth-order valence-corrected chi connectivity index (χ4v) is 2.10. The van der Waals surface area contributed by atoms with Gasteiger partial charge in [0.25, 0.3) is 0 Å². The fraction of sp³-hybridized carbons (Fsp3) is 0.333. The molecule has 1 aromatic rings. The Kier molecular flexibility index (Phi) is 4.62. The Morgan fingerprint density at radius 2 is 2.00 bits per heavy atom. The van der Waals surface area contributed by atoms with Gasteiger partial charge in [0.1, 0.15) is 11.9 Å². The van der Waals surface area contributed by atoms with E-state index in [1.165, 1.54) is 0 Å². The van der Waals surface area contributed by atoms with Gasteiger partial charge in [0.05, 0.1) is 11.0 Å². The molecule has 96 valence electrons. The van der Waals surface area contributed by atoms with Crippen LogP contribution in [0.15, 0.2) is 23.1 Å². The molecule has 1 rings (SSSR count). The molecule has 2 atom stereocenters. The van der Waals surface area contributed by atoms with Gasteiger partial charge in [-0.3, -0.25) is 0 Å². The molecule has 0 amide bonds. The molecule has 0 fully saturated rings. The molecular weight excluding hydrogens is 317 g/mol. The molecule has 2 unspecified atom stereocenters. The van der Waals surface area contributed by atoms with Crippen LogP contribution >= 0.6 is 15.9 Å². The number of sulfonamides is 1. The van der Waals surface area contributed by atoms with Crippen LogP contribution in [0.25, 0.3) is 0 Å². The number of aliphatic hydroxyl groups excluding tert-OH is 2. The SMILES string of the molecule is NS(=O)(=O)c1ccc(C(O)C(O)CBr)c(F)c1. The predicted octanol–water partition coefficient (Wildman–Crippen LogP) is 0.262. The van der Waals surface area contributed by atoms with Crippen molar-refractivity contribution in [3.63, 3.8) is 0 Å². The van der Waals surface area contributed by atoms with Crippen molar-refractivity contribution < 1.29 is 23.0 Å². The molecular formula is C9H11BrFNO4S. The second-order valence-electron chi connectivity index (χ2n) is 3.39. The average Bonchev–Trinajstić information content (AvgIpc) is 2.25. The summed E-state index contributed by atoms with van der Waals surface area (Å²) in [5.41, 5.74) is -0.190. The zero-order valence-corrected chi connectivity index (χ0v) is 10.9. The lowest BCUT2D eigenvalue weighted by Gasteiger charge is -2.16. The second-order valence-corrected chi connectivity index (χ2v) is 5.60. The molecule has 4 N–H and O–H groups in total. The minimum Gasteiger partial charge on any atom is -0.389 e. The first-order valence-corrected chi connectivity index (χ1v) is 7.18. The minimum absolute atomic E-state index is 0.0601. The molecule has 0 aromatic heterocycles. The van der Waals surface area contributed by atoms with E-state index in [0.29, 0.717) is 6.07 Å². The van der Waals surface area contributed by atoms with Crippen LogP contribution in [-0.2, 0) is 10.0 Å². The van der Waals surface area contributed by atoms with Crippen LogP contribution in [0.5, 0.6) is 0 Å². The third-order valence-electron chi connectivity index (χ3n) is 2.14. The third-order valence-corrected chi connectivity index (χ3v) is 3.72. The second kappa shape index (κ2) is 5.40. The average molecular weight is 328 g/mol. The fourth-order valence-electron chi connectivity index (χ4n) is 1.22. The summed E-state index contributed by atoms with van der Waals surface area (Å²) in [5.74, 6) is -0.941. The molecule has 0 saturated carbocycles. The summed E-state index contributed by atoms with van der Waals surface area (Å²) in [4.78, 5) is -0.390. The van der Waals surface area contributed by atoms with E-state index >= 15 is 0 Å². The van der Waals surface area contributed by atoms with Crippen molar-refractivity contribution in [2.75, 3.05) is 5.33 Å². The van der Waals surface area contributed by atoms with Crippen LogP contribution in [0.2, 0.25) is 0 Å². The van der Waals surface area contributed by atoms with Gasteiger partial charge in [0.15, 0.2) is 0 Å². The molecule has 0 radical (unpaired) electrons. The molecule has 0 aliphatic carbocycles. The first-order valence-electron chi connectivity index (χ1n) is 4.51. The lowest BCUT2D eigenvalue weighted by atomic mass is 10.1. The standard InChI is InChI=1S/C9H11BrFNO4S/c10-4-8(13)9(14)6-2-1-5(3-7(6)11)17(12,15)16/h1-3,8-9,13-14H,4H2,(H2,12,15,16). The molecule has 1 aromatic carbocycles. The Bertz CT molecular complexity index is 508. The van der Waals surface area contributed by atoms with Crippen molar-refractivity contribution in [1.29, 1.82) is 0 Å². The first-order chi connectivity index (χ1) is 7.77. The van der Waals surface area contributed by atoms with Gasteiger partial charge in [0.2, 0.25) is 10.0 Å². The van der Waals surface area contributed by atoms with Gasteiger partial charge in [-0.05, 0) is 12.1 Å². The molecule has 0 aliphatic heterocycles. The highest BCUT2D eigenvalue weighted by Gasteiger charge is 2.22. The highest BCUT2D eigenvalue weighted by atomic mass is 79.9. The Balaban J connectivity index is 3.15. The maximum absolute atomic E-state index is 13.5. The number of rotatable bonds is 4. The Hall–Kier alpha value is -0.540. The minimum atomic E-state index is -3.99. The zero-order chi connectivity index (χ0) is 13.2. The van der Waals surface area contributed by atoms with Crippen molar-refractivity contribution in [2.24, 2.45) is 5.14 Å². The van der Waals surface area contributed by atoms with E-state index in [2.05, 4.69) is 15.9 Å². The van der Waals surface area contributed by atoms with Crippen LogP contribution in [0.1, 0.15) is 11.7 Å². The van der Waals surface area contributed by atoms with Crippen LogP contribution in [0, 0.1) is 5.82 Å². The van der Waals surface area contributed by atoms with Crippen molar-refractivity contribution in [2.45, 2.75) is 17.1 Å². The molecule has 5 nitrogen and oxygen atoms in total. The number of primary sulfonamides is 1. The molecule has 0 heterocycles. The first kappa shape index (κ1) is 14.5. The van der Waals surface area contributed by atoms with Crippen molar-refractivity contribution in [3.8, 4) is 0 Å². The van der Waals surface area contributed by atoms with E-state index in [0.717, 1.165) is 12.1 Å². The lowest BCUT2D eigenvalue weighted by molar-refractivity contribution is 0.0319. The molecule has 0 spiro atoms. The predicted molar refractivity (Wildman–Crippen MR) is 62.5 cm³/mol. The van der Waals surface area contributed by atoms with Crippen molar-refractivity contribution in [1.82, 2.24) is 0 Å². The highest BCUT2D eigenvalue weighted by Crippen LogP contribution is 2.23. The van der Waals surface area contributed by atoms with E-state index in [4.69, 9.17) is 5.14 Å². The van der Waals surface area contributed by atoms with Gasteiger partial charge in [-0.2, -0.15) is 0 Å². The van der Waals surface area contributed by atoms with E-state index in [9.17, 15) is 23.0 Å². The summed E-state index contributed by atoms with van der Waals surface area (Å²) in [5, 5.41) is 23.8. The van der Waals surface area contributed by atoms with Crippen molar-refractivity contribution >= 4 is 26.0 Å². The van der Waals surface area contributed by atoms with Gasteiger partial charge in [-0.15, -0.1) is 0 Å². The smallest absolute Gasteiger partial charge is 0.238 e. The van der Waals surface area contributed by atoms with Gasteiger partial charge < -0.3 is 10.2 Å². The van der Waals surface area contributed by atoms with E-state index in [-0.39, 0.29) is 15.8 Å². The van der Waals surface area contributed by atoms with Crippen LogP contribution < -0.4 is 5.14 Å². The number of benzene rings is 1. The van der Waals surface area contributed by atoms with Gasteiger partial charge >= 0.3 is 0 Å². The Labute approximate surface area is 106 Å². The third kappa shape index (κ3) is 3.46. The summed E-state index contributed by atoms with van der Waals surface area (Å²) in [7, 11) is -3.99. The van der Waals surface area contributed by atoms with Gasteiger partial charge in [-0.25, -0.2) is 17.9 Å². The lowest BCUT2D eigenvalue weighted by Crippen LogP contribution is -2.21. The molecule has 8 heteroatoms. The van der Waals surface area contributed by atoms with E-state index in [1.54, 1.807) is 0 Å². The van der Waals surface area contributed by atoms with Crippen LogP contribution in [-0.4, -0.2) is 30.1 Å². The van der Waals surface area contributed by atoms with E-state index in [1.807, 2.05) is 0 Å². The monoisotopic (exact) mass is 327 g/mol. The zero-order valence-electron chi connectivity index (χ0n) is 8.55. The maximum Gasteiger partial charge on any atom is 0.238 e. The van der Waals surface area contributed by atoms with Crippen LogP contribution in [0.3, 0.4) is 0 Å². The number of halogens is 2. The van der Waals surface area contributed by atoms with Gasteiger partial charge in [-0.1, -0.05) is 22.0 Å². The number of alkyl halides is 1. The molecule has 0 saturated heterocycles. The number of nitrogens with two attached hydrogens (primary N) is 1. The summed E-state index contributed by atoms with van der Waals surface area (Å²) < 4.78 is 35.4. The number of aliphatic hydroxyl groups is 2. The maximum atomic E-state index is 13.5. The summed E-state index contributed by atoms with van der Waals surface area (Å²) >= 11 is 2.94. The number of hydrogen-bond donors (Lipinski definition) is 3. The normalized spacial score (nSPS) is 15.6. The largest absolute Gasteiger partial charge is 0.389 e. The molecule has 0 aliphatic rings. The quantitative estimate of drug-likeness (QED) is 0.690. The summed E-state index contributed by atoms with van der Waals surface area (Å²) in [6.45, 7) is 0. The van der Waals surface area contributed by atoms with Crippen LogP contribution in [0.4, 0.5) is 4.39 Å².